The molecule has 2 unspecified atom stereocenters. The number of allylic oxidation sites excluding steroid dienone is 1. The van der Waals surface area contributed by atoms with Crippen LogP contribution in [0.25, 0.3) is 16.7 Å². The largest absolute Gasteiger partial charge is 0.449 e. The van der Waals surface area contributed by atoms with Crippen LogP contribution in [-0.2, 0) is 24.7 Å². The number of fused-ring (bicyclic) bond motifs is 3. The lowest BCUT2D eigenvalue weighted by Gasteiger charge is -2.36. The number of amides is 2. The monoisotopic (exact) mass is 890 g/mol. The smallest absolute Gasteiger partial charge is 0.407 e. The lowest BCUT2D eigenvalue weighted by Crippen LogP contribution is -2.50. The lowest BCUT2D eigenvalue weighted by molar-refractivity contribution is -0.172. The van der Waals surface area contributed by atoms with Crippen molar-refractivity contribution in [2.24, 2.45) is 0 Å². The number of hydrogen-bond acceptors (Lipinski definition) is 5. The van der Waals surface area contributed by atoms with Crippen LogP contribution >= 0.6 is 11.6 Å². The molecule has 7 nitrogen and oxygen atoms in total. The first-order valence-electron chi connectivity index (χ1n) is 21.6. The normalized spacial score (nSPS) is 18.1. The summed E-state index contributed by atoms with van der Waals surface area (Å²) < 4.78 is 70.3. The molecule has 5 aromatic carbocycles. The third-order valence-electron chi connectivity index (χ3n) is 12.3. The number of ether oxygens (including phenoxy) is 2. The highest BCUT2D eigenvalue weighted by Crippen LogP contribution is 2.46. The van der Waals surface area contributed by atoms with Gasteiger partial charge in [-0.05, 0) is 65.6 Å². The Morgan fingerprint density at radius 1 is 0.734 bits per heavy atom. The number of rotatable bonds is 11. The van der Waals surface area contributed by atoms with Crippen LogP contribution in [0.1, 0.15) is 90.7 Å². The zero-order valence-electron chi connectivity index (χ0n) is 35.0. The highest BCUT2D eigenvalue weighted by atomic mass is 35.5. The Hall–Kier alpha value is -6.16. The second-order valence-electron chi connectivity index (χ2n) is 16.5. The fourth-order valence-electron chi connectivity index (χ4n) is 9.05. The van der Waals surface area contributed by atoms with E-state index in [4.69, 9.17) is 21.1 Å². The average Bonchev–Trinajstić information content (AvgIpc) is 3.74. The number of alkyl carbamates (subject to hydrolysis) is 1. The van der Waals surface area contributed by atoms with Gasteiger partial charge < -0.3 is 19.7 Å². The molecule has 0 radical (unpaired) electrons. The maximum atomic E-state index is 14.6. The molecule has 3 aliphatic rings. The van der Waals surface area contributed by atoms with Gasteiger partial charge in [-0.1, -0.05) is 152 Å². The first-order valence-corrected chi connectivity index (χ1v) is 22.0. The van der Waals surface area contributed by atoms with Crippen molar-refractivity contribution in [2.75, 3.05) is 19.7 Å². The highest BCUT2D eigenvalue weighted by molar-refractivity contribution is 6.31. The predicted molar refractivity (Wildman–Crippen MR) is 237 cm³/mol. The van der Waals surface area contributed by atoms with Gasteiger partial charge in [0.1, 0.15) is 12.6 Å². The van der Waals surface area contributed by atoms with Crippen LogP contribution in [-0.4, -0.2) is 60.5 Å². The average molecular weight is 891 g/mol. The van der Waals surface area contributed by atoms with E-state index in [9.17, 15) is 31.9 Å². The molecular formula is C52H47ClF4N2O5. The van der Waals surface area contributed by atoms with Crippen molar-refractivity contribution in [2.45, 2.75) is 80.8 Å². The Labute approximate surface area is 374 Å². The molecule has 1 N–H and O–H groups in total. The van der Waals surface area contributed by atoms with Gasteiger partial charge in [-0.3, -0.25) is 9.59 Å². The van der Waals surface area contributed by atoms with Gasteiger partial charge >= 0.3 is 23.9 Å². The second kappa shape index (κ2) is 18.9. The first kappa shape index (κ1) is 44.4. The molecule has 1 fully saturated rings. The Kier molecular flexibility index (Phi) is 13.1. The van der Waals surface area contributed by atoms with Gasteiger partial charge in [0, 0.05) is 33.2 Å². The summed E-state index contributed by atoms with van der Waals surface area (Å²) in [6.07, 6.45) is 7.34. The molecule has 2 atom stereocenters. The molecule has 1 aliphatic heterocycles. The number of halogens is 5. The van der Waals surface area contributed by atoms with Crippen LogP contribution in [0.5, 0.6) is 0 Å². The number of nitrogens with one attached hydrogen (secondary N) is 1. The molecule has 0 saturated carbocycles. The van der Waals surface area contributed by atoms with Crippen molar-refractivity contribution >= 4 is 35.1 Å². The Morgan fingerprint density at radius 3 is 1.98 bits per heavy atom. The molecule has 1 heterocycles. The first-order chi connectivity index (χ1) is 30.9. The standard InChI is InChI=1S/C52H47ClF4N2O5/c53-45-26-16-15-25-44(45)52(37-19-9-6-10-20-37,38-29-27-36(28-30-38)35-17-7-4-2-1-3-5-8-18-35)64-47(60)31-46(48(61)59-33-50(54,55)51(56,57)34-59)58-49(62)63-32-43-41-23-13-11-21-39(41)40-22-12-14-24-42(40)43/h6-7,9-16,19-30,43,46H,1-5,8,18,31-34H2,(H,58,62). The number of nitrogens with zero attached hydrogens (tertiary/aromatic N) is 1. The second-order valence-corrected chi connectivity index (χ2v) is 16.9. The zero-order chi connectivity index (χ0) is 44.9. The van der Waals surface area contributed by atoms with Gasteiger partial charge in [0.15, 0.2) is 5.60 Å². The fourth-order valence-corrected chi connectivity index (χ4v) is 9.32. The quantitative estimate of drug-likeness (QED) is 0.0618. The van der Waals surface area contributed by atoms with E-state index in [2.05, 4.69) is 17.1 Å². The third-order valence-corrected chi connectivity index (χ3v) is 12.7. The van der Waals surface area contributed by atoms with Crippen LogP contribution in [0.15, 0.2) is 139 Å². The van der Waals surface area contributed by atoms with Crippen LogP contribution in [0.4, 0.5) is 22.4 Å². The van der Waals surface area contributed by atoms with Crippen LogP contribution < -0.4 is 5.32 Å². The minimum atomic E-state index is -4.55. The molecule has 64 heavy (non-hydrogen) atoms. The summed E-state index contributed by atoms with van der Waals surface area (Å²) in [6.45, 7) is -3.43. The minimum Gasteiger partial charge on any atom is -0.449 e. The molecule has 5 aromatic rings. The van der Waals surface area contributed by atoms with E-state index in [1.54, 1.807) is 54.6 Å². The van der Waals surface area contributed by atoms with Crippen LogP contribution in [0.3, 0.4) is 0 Å². The number of carbonyl (C=O) groups excluding carboxylic acids is 3. The van der Waals surface area contributed by atoms with Gasteiger partial charge in [-0.2, -0.15) is 17.6 Å². The molecule has 2 aliphatic carbocycles. The fraction of sp³-hybridized carbons (Fsp3) is 0.308. The van der Waals surface area contributed by atoms with Crippen LogP contribution in [0, 0.1) is 0 Å². The maximum absolute atomic E-state index is 14.6. The molecule has 12 heteroatoms. The highest BCUT2D eigenvalue weighted by Gasteiger charge is 2.64. The van der Waals surface area contributed by atoms with Gasteiger partial charge in [-0.25, -0.2) is 4.79 Å². The number of benzene rings is 5. The Bertz CT molecular complexity index is 2520. The number of likely N-dealkylation sites (tertiary alicyclic amines) is 1. The van der Waals surface area contributed by atoms with Crippen molar-refractivity contribution in [3.05, 3.63) is 178 Å². The van der Waals surface area contributed by atoms with E-state index in [1.165, 1.54) is 12.8 Å². The molecular weight excluding hydrogens is 844 g/mol. The summed E-state index contributed by atoms with van der Waals surface area (Å²) in [5.74, 6) is -11.9. The van der Waals surface area contributed by atoms with E-state index in [1.807, 2.05) is 72.8 Å². The van der Waals surface area contributed by atoms with Crippen LogP contribution in [0.2, 0.25) is 5.02 Å². The van der Waals surface area contributed by atoms with Gasteiger partial charge in [-0.15, -0.1) is 5.73 Å². The van der Waals surface area contributed by atoms with Gasteiger partial charge in [0.25, 0.3) is 0 Å². The van der Waals surface area contributed by atoms with Crippen molar-refractivity contribution in [1.29, 1.82) is 0 Å². The van der Waals surface area contributed by atoms with Crippen molar-refractivity contribution < 1.29 is 41.4 Å². The number of carbonyl (C=O) groups is 3. The topological polar surface area (TPSA) is 84.9 Å². The van der Waals surface area contributed by atoms with Crippen molar-refractivity contribution in [3.8, 4) is 11.1 Å². The molecule has 0 spiro atoms. The summed E-state index contributed by atoms with van der Waals surface area (Å²) in [5, 5.41) is 2.59. The molecule has 0 bridgehead atoms. The summed E-state index contributed by atoms with van der Waals surface area (Å²) in [7, 11) is 0. The maximum Gasteiger partial charge on any atom is 0.407 e. The Morgan fingerprint density at radius 2 is 1.31 bits per heavy atom. The van der Waals surface area contributed by atoms with Gasteiger partial charge in [0.2, 0.25) is 5.91 Å². The van der Waals surface area contributed by atoms with Crippen molar-refractivity contribution in [1.82, 2.24) is 10.2 Å². The summed E-state index contributed by atoms with van der Waals surface area (Å²) in [4.78, 5) is 42.5. The third kappa shape index (κ3) is 9.10. The van der Waals surface area contributed by atoms with Gasteiger partial charge in [0.05, 0.1) is 19.5 Å². The van der Waals surface area contributed by atoms with E-state index >= 15 is 0 Å². The molecule has 8 rings (SSSR count). The number of alkyl halides is 4. The van der Waals surface area contributed by atoms with E-state index < -0.39 is 61.0 Å². The summed E-state index contributed by atoms with van der Waals surface area (Å²) in [6, 6.07) is 36.5. The van der Waals surface area contributed by atoms with E-state index in [0.29, 0.717) is 16.7 Å². The zero-order valence-corrected chi connectivity index (χ0v) is 35.8. The number of hydrogen-bond donors (Lipinski definition) is 1. The lowest BCUT2D eigenvalue weighted by atomic mass is 9.79. The number of esters is 1. The van der Waals surface area contributed by atoms with E-state index in [0.717, 1.165) is 65.5 Å². The van der Waals surface area contributed by atoms with E-state index in [-0.39, 0.29) is 22.4 Å². The molecule has 0 aromatic heterocycles. The molecule has 1 saturated heterocycles. The molecule has 330 valence electrons. The minimum absolute atomic E-state index is 0.183. The summed E-state index contributed by atoms with van der Waals surface area (Å²) >= 11 is 6.94. The SMILES string of the molecule is O=C(CC(NC(=O)OCC1c2ccccc2-c2ccccc21)C(=O)N1CC(F)(F)C(F)(F)C1)OC(c1ccccc1)(c1ccc(C2=C=CCCCCCCC2)cc1)c1ccccc1Cl. The Balaban J connectivity index is 1.12. The summed E-state index contributed by atoms with van der Waals surface area (Å²) in [5.41, 5.74) is 8.79. The van der Waals surface area contributed by atoms with Crippen molar-refractivity contribution in [3.63, 3.8) is 0 Å². The predicted octanol–water partition coefficient (Wildman–Crippen LogP) is 11.9. The molecule has 2 amide bonds.